The SMILES string of the molecule is CCSc1nnc(C(F)F)n1NC(=O)c1cc2nc(-c3ccccc3)cc(C(F)(F)F)n2n1. The normalized spacial score (nSPS) is 12.0. The van der Waals surface area contributed by atoms with Gasteiger partial charge >= 0.3 is 6.18 Å². The molecule has 0 aliphatic carbocycles. The van der Waals surface area contributed by atoms with E-state index in [0.29, 0.717) is 20.5 Å². The molecule has 3 aromatic heterocycles. The third kappa shape index (κ3) is 4.51. The zero-order valence-electron chi connectivity index (χ0n) is 16.7. The van der Waals surface area contributed by atoms with Crippen molar-refractivity contribution >= 4 is 23.3 Å². The predicted molar refractivity (Wildman–Crippen MR) is 108 cm³/mol. The summed E-state index contributed by atoms with van der Waals surface area (Å²) in [6.45, 7) is 1.74. The van der Waals surface area contributed by atoms with Gasteiger partial charge in [0, 0.05) is 11.6 Å². The van der Waals surface area contributed by atoms with Gasteiger partial charge in [0.25, 0.3) is 12.3 Å². The van der Waals surface area contributed by atoms with Crippen LogP contribution in [0.1, 0.15) is 35.4 Å². The standard InChI is InChI=1S/C19H14F5N7OS/c1-2-33-18-27-26-16(15(20)21)31(18)29-17(32)12-9-14-25-11(10-6-4-3-5-7-10)8-13(19(22,23)24)30(14)28-12/h3-9,15H,2H2,1H3,(H,29,32). The summed E-state index contributed by atoms with van der Waals surface area (Å²) in [6.07, 6.45) is -7.84. The number of halogens is 5. The molecule has 4 rings (SSSR count). The molecule has 4 aromatic rings. The number of hydrogen-bond donors (Lipinski definition) is 1. The van der Waals surface area contributed by atoms with Crippen molar-refractivity contribution in [3.8, 4) is 11.3 Å². The summed E-state index contributed by atoms with van der Waals surface area (Å²) in [7, 11) is 0. The van der Waals surface area contributed by atoms with Crippen LogP contribution in [-0.4, -0.2) is 41.1 Å². The van der Waals surface area contributed by atoms with E-state index in [1.165, 1.54) is 0 Å². The lowest BCUT2D eigenvalue weighted by Crippen LogP contribution is -2.26. The molecular weight excluding hydrogens is 469 g/mol. The van der Waals surface area contributed by atoms with E-state index in [2.05, 4.69) is 25.7 Å². The van der Waals surface area contributed by atoms with Crippen molar-refractivity contribution in [1.82, 2.24) is 29.5 Å². The molecule has 0 fully saturated rings. The molecule has 0 radical (unpaired) electrons. The van der Waals surface area contributed by atoms with Gasteiger partial charge in [0.2, 0.25) is 11.0 Å². The number of thioether (sulfide) groups is 1. The maximum atomic E-state index is 13.7. The van der Waals surface area contributed by atoms with Crippen molar-refractivity contribution in [2.24, 2.45) is 0 Å². The molecule has 0 aliphatic rings. The minimum Gasteiger partial charge on any atom is -0.266 e. The molecule has 172 valence electrons. The Hall–Kier alpha value is -3.55. The fourth-order valence-corrected chi connectivity index (χ4v) is 3.58. The lowest BCUT2D eigenvalue weighted by atomic mass is 10.1. The second kappa shape index (κ2) is 8.77. The first-order chi connectivity index (χ1) is 15.7. The van der Waals surface area contributed by atoms with Crippen LogP contribution in [0, 0.1) is 0 Å². The highest BCUT2D eigenvalue weighted by Crippen LogP contribution is 2.32. The monoisotopic (exact) mass is 483 g/mol. The smallest absolute Gasteiger partial charge is 0.266 e. The van der Waals surface area contributed by atoms with Gasteiger partial charge in [-0.1, -0.05) is 49.0 Å². The number of carbonyl (C=O) groups excluding carboxylic acids is 1. The summed E-state index contributed by atoms with van der Waals surface area (Å²) in [4.78, 5) is 16.9. The summed E-state index contributed by atoms with van der Waals surface area (Å²) in [6, 6.07) is 10.0. The van der Waals surface area contributed by atoms with Crippen LogP contribution in [0.3, 0.4) is 0 Å². The van der Waals surface area contributed by atoms with Crippen molar-refractivity contribution in [2.45, 2.75) is 24.7 Å². The number of hydrogen-bond acceptors (Lipinski definition) is 6. The fraction of sp³-hybridized carbons (Fsp3) is 0.211. The zero-order valence-corrected chi connectivity index (χ0v) is 17.5. The number of benzene rings is 1. The second-order valence-electron chi connectivity index (χ2n) is 6.54. The molecule has 1 amide bonds. The van der Waals surface area contributed by atoms with Gasteiger partial charge in [0.15, 0.2) is 17.0 Å². The molecule has 0 spiro atoms. The van der Waals surface area contributed by atoms with Crippen LogP contribution < -0.4 is 5.43 Å². The van der Waals surface area contributed by atoms with Gasteiger partial charge in [-0.3, -0.25) is 10.2 Å². The number of rotatable bonds is 6. The molecule has 3 heterocycles. The highest BCUT2D eigenvalue weighted by atomic mass is 32.2. The van der Waals surface area contributed by atoms with Gasteiger partial charge in [0.1, 0.15) is 0 Å². The van der Waals surface area contributed by atoms with Gasteiger partial charge in [-0.2, -0.15) is 18.3 Å². The van der Waals surface area contributed by atoms with Crippen molar-refractivity contribution in [3.63, 3.8) is 0 Å². The number of aromatic nitrogens is 6. The first kappa shape index (κ1) is 22.6. The maximum Gasteiger partial charge on any atom is 0.433 e. The molecular formula is C19H14F5N7OS. The highest BCUT2D eigenvalue weighted by Gasteiger charge is 2.36. The van der Waals surface area contributed by atoms with E-state index in [1.54, 1.807) is 37.3 Å². The predicted octanol–water partition coefficient (Wildman–Crippen LogP) is 4.44. The Morgan fingerprint density at radius 3 is 2.52 bits per heavy atom. The van der Waals surface area contributed by atoms with E-state index < -0.39 is 35.7 Å². The number of carbonyl (C=O) groups is 1. The van der Waals surface area contributed by atoms with Gasteiger partial charge in [-0.15, -0.1) is 10.2 Å². The average Bonchev–Trinajstić information content (AvgIpc) is 3.37. The van der Waals surface area contributed by atoms with Crippen molar-refractivity contribution in [3.05, 3.63) is 59.7 Å². The minimum atomic E-state index is -4.80. The van der Waals surface area contributed by atoms with E-state index in [1.807, 2.05) is 0 Å². The Morgan fingerprint density at radius 1 is 1.15 bits per heavy atom. The van der Waals surface area contributed by atoms with Crippen LogP contribution in [0.4, 0.5) is 22.0 Å². The third-order valence-corrected chi connectivity index (χ3v) is 5.17. The van der Waals surface area contributed by atoms with Crippen LogP contribution in [0.2, 0.25) is 0 Å². The Morgan fingerprint density at radius 2 is 1.88 bits per heavy atom. The van der Waals surface area contributed by atoms with E-state index in [0.717, 1.165) is 23.9 Å². The number of amides is 1. The summed E-state index contributed by atoms with van der Waals surface area (Å²) < 4.78 is 68.8. The van der Waals surface area contributed by atoms with Crippen LogP contribution in [0.5, 0.6) is 0 Å². The van der Waals surface area contributed by atoms with Crippen molar-refractivity contribution in [1.29, 1.82) is 0 Å². The first-order valence-electron chi connectivity index (χ1n) is 9.40. The van der Waals surface area contributed by atoms with E-state index in [-0.39, 0.29) is 16.5 Å². The number of nitrogens with zero attached hydrogens (tertiary/aromatic N) is 6. The first-order valence-corrected chi connectivity index (χ1v) is 10.4. The Kier molecular flexibility index (Phi) is 6.01. The number of alkyl halides is 5. The molecule has 0 saturated heterocycles. The Balaban J connectivity index is 1.77. The molecule has 8 nitrogen and oxygen atoms in total. The van der Waals surface area contributed by atoms with Crippen molar-refractivity contribution < 1.29 is 26.7 Å². The lowest BCUT2D eigenvalue weighted by molar-refractivity contribution is -0.142. The molecule has 0 saturated carbocycles. The van der Waals surface area contributed by atoms with Crippen LogP contribution in [-0.2, 0) is 6.18 Å². The van der Waals surface area contributed by atoms with Gasteiger partial charge in [0.05, 0.1) is 5.69 Å². The number of nitrogens with one attached hydrogen (secondary N) is 1. The molecule has 14 heteroatoms. The Labute approximate surface area is 186 Å². The van der Waals surface area contributed by atoms with E-state index in [4.69, 9.17) is 0 Å². The molecule has 0 aliphatic heterocycles. The quantitative estimate of drug-likeness (QED) is 0.322. The van der Waals surface area contributed by atoms with Crippen LogP contribution in [0.25, 0.3) is 16.9 Å². The van der Waals surface area contributed by atoms with Gasteiger partial charge < -0.3 is 0 Å². The summed E-state index contributed by atoms with van der Waals surface area (Å²) >= 11 is 1.04. The van der Waals surface area contributed by atoms with Gasteiger partial charge in [-0.25, -0.2) is 23.0 Å². The summed E-state index contributed by atoms with van der Waals surface area (Å²) in [5, 5.41) is 10.7. The summed E-state index contributed by atoms with van der Waals surface area (Å²) in [5.41, 5.74) is 0.792. The molecule has 0 atom stereocenters. The molecule has 1 N–H and O–H groups in total. The lowest BCUT2D eigenvalue weighted by Gasteiger charge is -2.11. The minimum absolute atomic E-state index is 0.00890. The van der Waals surface area contributed by atoms with E-state index >= 15 is 0 Å². The maximum absolute atomic E-state index is 13.7. The number of fused-ring (bicyclic) bond motifs is 1. The van der Waals surface area contributed by atoms with Crippen molar-refractivity contribution in [2.75, 3.05) is 11.2 Å². The largest absolute Gasteiger partial charge is 0.433 e. The molecule has 33 heavy (non-hydrogen) atoms. The molecule has 1 aromatic carbocycles. The summed E-state index contributed by atoms with van der Waals surface area (Å²) in [5.74, 6) is -1.40. The topological polar surface area (TPSA) is 90.0 Å². The molecule has 0 unspecified atom stereocenters. The van der Waals surface area contributed by atoms with E-state index in [9.17, 15) is 26.7 Å². The zero-order chi connectivity index (χ0) is 23.8. The van der Waals surface area contributed by atoms with Crippen LogP contribution in [0.15, 0.2) is 47.6 Å². The second-order valence-corrected chi connectivity index (χ2v) is 7.77. The van der Waals surface area contributed by atoms with Crippen LogP contribution >= 0.6 is 11.8 Å². The third-order valence-electron chi connectivity index (χ3n) is 4.36. The van der Waals surface area contributed by atoms with Gasteiger partial charge in [-0.05, 0) is 11.8 Å². The average molecular weight is 483 g/mol. The fourth-order valence-electron chi connectivity index (χ4n) is 2.95. The highest BCUT2D eigenvalue weighted by molar-refractivity contribution is 7.99. The Bertz CT molecular complexity index is 1300. The molecule has 0 bridgehead atoms.